The molecule has 0 radical (unpaired) electrons. The first-order valence-corrected chi connectivity index (χ1v) is 10.9. The monoisotopic (exact) mass is 447 g/mol. The maximum absolute atomic E-state index is 11.8. The third-order valence-electron chi connectivity index (χ3n) is 3.50. The Kier molecular flexibility index (Phi) is 12.3. The Hall–Kier alpha value is -2.73. The summed E-state index contributed by atoms with van der Waals surface area (Å²) in [5, 5.41) is 14.0. The predicted octanol–water partition coefficient (Wildman–Crippen LogP) is 0.316. The number of carboxylic acid groups (broad SMARTS) is 1. The number of carbonyl (C=O) groups is 3. The molecule has 30 heavy (non-hydrogen) atoms. The van der Waals surface area contributed by atoms with Gasteiger partial charge in [-0.25, -0.2) is 13.2 Å². The lowest BCUT2D eigenvalue weighted by atomic mass is 9.94. The van der Waals surface area contributed by atoms with Gasteiger partial charge in [-0.1, -0.05) is 13.8 Å². The van der Waals surface area contributed by atoms with Crippen LogP contribution in [0, 0.1) is 11.8 Å². The second-order valence-corrected chi connectivity index (χ2v) is 8.33. The zero-order valence-electron chi connectivity index (χ0n) is 17.5. The summed E-state index contributed by atoms with van der Waals surface area (Å²) in [6.45, 7) is 4.20. The molecule has 0 spiro atoms. The van der Waals surface area contributed by atoms with E-state index in [0.717, 1.165) is 0 Å². The minimum Gasteiger partial charge on any atom is -0.748 e. The number of nitrogens with zero attached hydrogens (tertiary/aromatic N) is 1. The molecule has 170 valence electrons. The molecule has 1 atom stereocenters. The highest BCUT2D eigenvalue weighted by Gasteiger charge is 2.17. The van der Waals surface area contributed by atoms with Gasteiger partial charge in [0, 0.05) is 32.3 Å². The molecule has 1 aromatic rings. The van der Waals surface area contributed by atoms with E-state index in [-0.39, 0.29) is 31.5 Å². The van der Waals surface area contributed by atoms with Crippen molar-refractivity contribution in [2.75, 3.05) is 19.8 Å². The number of carboxylic acids is 1. The molecule has 2 amide bonds. The fourth-order valence-corrected chi connectivity index (χ4v) is 2.45. The third kappa shape index (κ3) is 15.2. The molecule has 1 rings (SSSR count). The van der Waals surface area contributed by atoms with Gasteiger partial charge in [-0.3, -0.25) is 9.59 Å². The van der Waals surface area contributed by atoms with Crippen LogP contribution >= 0.6 is 0 Å². The van der Waals surface area contributed by atoms with E-state index in [0.29, 0.717) is 24.2 Å². The number of aromatic nitrogens is 1. The number of ether oxygens (including phenoxy) is 1. The molecule has 1 aromatic heterocycles. The van der Waals surface area contributed by atoms with Gasteiger partial charge >= 0.3 is 12.1 Å². The maximum Gasteiger partial charge on any atom is 0.412 e. The number of rotatable bonds is 9. The molecule has 0 fully saturated rings. The van der Waals surface area contributed by atoms with Gasteiger partial charge in [-0.15, -0.1) is 0 Å². The smallest absolute Gasteiger partial charge is 0.412 e. The fraction of sp³-hybridized carbons (Fsp3) is 0.556. The summed E-state index contributed by atoms with van der Waals surface area (Å²) >= 11 is 0. The van der Waals surface area contributed by atoms with Crippen molar-refractivity contribution in [3.8, 4) is 0 Å². The molecule has 0 aliphatic carbocycles. The number of amides is 2. The van der Waals surface area contributed by atoms with Crippen molar-refractivity contribution in [3.63, 3.8) is 0 Å². The van der Waals surface area contributed by atoms with Gasteiger partial charge < -0.3 is 25.0 Å². The Balaban J connectivity index is 0.00000150. The van der Waals surface area contributed by atoms with E-state index in [9.17, 15) is 14.4 Å². The van der Waals surface area contributed by atoms with E-state index >= 15 is 0 Å². The zero-order chi connectivity index (χ0) is 23.3. The van der Waals surface area contributed by atoms with Crippen LogP contribution in [0.2, 0.25) is 0 Å². The number of aliphatic carboxylic acids is 1. The largest absolute Gasteiger partial charge is 0.748 e. The Labute approximate surface area is 176 Å². The van der Waals surface area contributed by atoms with Gasteiger partial charge in [0.2, 0.25) is 0 Å². The standard InChI is InChI=1S/C17H25N3O5.CH4O3S/c1-12(2)7-13(8-15(21)22)9-19-17(24)25-11-20-6-4-5-14(10-20)16(23)18-3;1-5(2,3)4/h4-6,10,12-13H,7-9,11H2,1-3H3,(H2-,18,19,21,22,23,24);1H3,(H,2,3,4). The van der Waals surface area contributed by atoms with Crippen molar-refractivity contribution >= 4 is 28.1 Å². The Morgan fingerprint density at radius 3 is 2.40 bits per heavy atom. The van der Waals surface area contributed by atoms with Crippen LogP contribution in [0.3, 0.4) is 0 Å². The van der Waals surface area contributed by atoms with Crippen LogP contribution in [0.4, 0.5) is 4.79 Å². The SMILES string of the molecule is CNC(=O)c1ccc[n+](COC(=O)NCC(CC(=O)O)CC(C)C)c1.CS(=O)(=O)[O-]. The molecule has 3 N–H and O–H groups in total. The Morgan fingerprint density at radius 1 is 1.30 bits per heavy atom. The van der Waals surface area contributed by atoms with Gasteiger partial charge in [0.15, 0.2) is 12.4 Å². The lowest BCUT2D eigenvalue weighted by Crippen LogP contribution is -2.40. The van der Waals surface area contributed by atoms with Crippen molar-refractivity contribution in [3.05, 3.63) is 30.1 Å². The summed E-state index contributed by atoms with van der Waals surface area (Å²) in [6, 6.07) is 3.33. The predicted molar refractivity (Wildman–Crippen MR) is 105 cm³/mol. The van der Waals surface area contributed by atoms with E-state index < -0.39 is 22.2 Å². The first kappa shape index (κ1) is 27.3. The van der Waals surface area contributed by atoms with Crippen LogP contribution in [0.5, 0.6) is 0 Å². The molecule has 0 aromatic carbocycles. The van der Waals surface area contributed by atoms with Gasteiger partial charge in [0.1, 0.15) is 5.56 Å². The van der Waals surface area contributed by atoms with Crippen LogP contribution in [-0.4, -0.2) is 55.9 Å². The normalized spacial score (nSPS) is 11.7. The van der Waals surface area contributed by atoms with E-state index in [2.05, 4.69) is 10.6 Å². The first-order valence-electron chi connectivity index (χ1n) is 9.06. The fourth-order valence-electron chi connectivity index (χ4n) is 2.45. The third-order valence-corrected chi connectivity index (χ3v) is 3.50. The minimum atomic E-state index is -3.92. The second-order valence-electron chi connectivity index (χ2n) is 6.93. The van der Waals surface area contributed by atoms with Crippen molar-refractivity contribution in [2.45, 2.75) is 33.4 Å². The molecular formula is C18H29N3O8S. The summed E-state index contributed by atoms with van der Waals surface area (Å²) in [6.07, 6.45) is 3.92. The molecule has 0 bridgehead atoms. The molecule has 1 heterocycles. The highest BCUT2D eigenvalue weighted by atomic mass is 32.2. The summed E-state index contributed by atoms with van der Waals surface area (Å²) < 4.78 is 33.9. The van der Waals surface area contributed by atoms with Crippen LogP contribution in [-0.2, 0) is 26.4 Å². The number of nitrogens with one attached hydrogen (secondary N) is 2. The van der Waals surface area contributed by atoms with Crippen molar-refractivity contribution in [1.82, 2.24) is 10.6 Å². The van der Waals surface area contributed by atoms with E-state index in [1.54, 1.807) is 29.1 Å². The summed E-state index contributed by atoms with van der Waals surface area (Å²) in [7, 11) is -2.38. The lowest BCUT2D eigenvalue weighted by Gasteiger charge is -2.17. The first-order chi connectivity index (χ1) is 13.8. The van der Waals surface area contributed by atoms with E-state index in [1.807, 2.05) is 13.8 Å². The average Bonchev–Trinajstić information content (AvgIpc) is 2.61. The minimum absolute atomic E-state index is 0.00137. The van der Waals surface area contributed by atoms with Crippen molar-refractivity contribution in [1.29, 1.82) is 0 Å². The summed E-state index contributed by atoms with van der Waals surface area (Å²) in [5.41, 5.74) is 0.451. The van der Waals surface area contributed by atoms with Gasteiger partial charge in [0.05, 0.1) is 10.1 Å². The van der Waals surface area contributed by atoms with Gasteiger partial charge in [-0.2, -0.15) is 4.57 Å². The number of pyridine rings is 1. The second kappa shape index (κ2) is 13.5. The van der Waals surface area contributed by atoms with Crippen LogP contribution < -0.4 is 15.2 Å². The average molecular weight is 448 g/mol. The lowest BCUT2D eigenvalue weighted by molar-refractivity contribution is -0.727. The number of alkyl carbamates (subject to hydrolysis) is 1. The van der Waals surface area contributed by atoms with Crippen LogP contribution in [0.1, 0.15) is 37.0 Å². The van der Waals surface area contributed by atoms with E-state index in [1.165, 1.54) is 7.05 Å². The number of hydrogen-bond acceptors (Lipinski definition) is 7. The molecule has 12 heteroatoms. The molecule has 0 aliphatic rings. The van der Waals surface area contributed by atoms with Crippen LogP contribution in [0.15, 0.2) is 24.5 Å². The van der Waals surface area contributed by atoms with Crippen LogP contribution in [0.25, 0.3) is 0 Å². The molecule has 0 saturated carbocycles. The van der Waals surface area contributed by atoms with Gasteiger partial charge in [-0.05, 0) is 24.3 Å². The van der Waals surface area contributed by atoms with Crippen molar-refractivity contribution in [2.24, 2.45) is 11.8 Å². The number of carbonyl (C=O) groups excluding carboxylic acids is 2. The Morgan fingerprint density at radius 2 is 1.90 bits per heavy atom. The summed E-state index contributed by atoms with van der Waals surface area (Å²) in [5.74, 6) is -0.925. The topological polar surface area (TPSA) is 166 Å². The van der Waals surface area contributed by atoms with Gasteiger partial charge in [0.25, 0.3) is 12.6 Å². The molecule has 0 saturated heterocycles. The van der Waals surface area contributed by atoms with Crippen molar-refractivity contribution < 1.29 is 41.8 Å². The summed E-state index contributed by atoms with van der Waals surface area (Å²) in [4.78, 5) is 34.2. The molecule has 1 unspecified atom stereocenters. The zero-order valence-corrected chi connectivity index (χ0v) is 18.3. The molecule has 11 nitrogen and oxygen atoms in total. The maximum atomic E-state index is 11.8. The quantitative estimate of drug-likeness (QED) is 0.359. The Bertz CT molecular complexity index is 803. The van der Waals surface area contributed by atoms with E-state index in [4.69, 9.17) is 22.8 Å². The highest BCUT2D eigenvalue weighted by Crippen LogP contribution is 2.14. The molecular weight excluding hydrogens is 418 g/mol. The highest BCUT2D eigenvalue weighted by molar-refractivity contribution is 7.84. The number of hydrogen-bond donors (Lipinski definition) is 3. The molecule has 0 aliphatic heterocycles.